The van der Waals surface area contributed by atoms with Crippen LogP contribution in [0.2, 0.25) is 0 Å². The molecule has 0 spiro atoms. The number of aliphatic imine (C=N–C) groups is 1. The van der Waals surface area contributed by atoms with Crippen LogP contribution in [0.3, 0.4) is 0 Å². The average molecular weight is 394 g/mol. The van der Waals surface area contributed by atoms with Gasteiger partial charge in [-0.25, -0.2) is 4.98 Å². The molecule has 1 heterocycles. The largest absolute Gasteiger partial charge is 0.354 e. The first-order valence-electron chi connectivity index (χ1n) is 6.41. The number of nitrogens with zero attached hydrogens (tertiary/aromatic N) is 2. The molecule has 1 aromatic rings. The third-order valence-corrected chi connectivity index (χ3v) is 4.09. The lowest BCUT2D eigenvalue weighted by Gasteiger charge is -2.13. The SMILES string of the molecule is CN=C(NCc1csc(C(C)(C)C)n1)NC1CC1.I. The van der Waals surface area contributed by atoms with E-state index in [0.29, 0.717) is 6.04 Å². The van der Waals surface area contributed by atoms with E-state index in [0.717, 1.165) is 18.2 Å². The van der Waals surface area contributed by atoms with Gasteiger partial charge in [0.25, 0.3) is 0 Å². The van der Waals surface area contributed by atoms with Crippen LogP contribution in [-0.4, -0.2) is 24.0 Å². The quantitative estimate of drug-likeness (QED) is 0.471. The first-order valence-corrected chi connectivity index (χ1v) is 7.29. The normalized spacial score (nSPS) is 15.9. The van der Waals surface area contributed by atoms with Gasteiger partial charge in [-0.3, -0.25) is 4.99 Å². The van der Waals surface area contributed by atoms with Crippen molar-refractivity contribution in [2.24, 2.45) is 4.99 Å². The summed E-state index contributed by atoms with van der Waals surface area (Å²) in [5, 5.41) is 9.97. The molecule has 0 radical (unpaired) electrons. The van der Waals surface area contributed by atoms with Crippen LogP contribution in [0.25, 0.3) is 0 Å². The summed E-state index contributed by atoms with van der Waals surface area (Å²) in [4.78, 5) is 8.86. The summed E-state index contributed by atoms with van der Waals surface area (Å²) in [6, 6.07) is 0.622. The minimum atomic E-state index is 0. The Hall–Kier alpha value is -0.370. The Morgan fingerprint density at radius 2 is 2.16 bits per heavy atom. The van der Waals surface area contributed by atoms with Crippen molar-refractivity contribution in [1.82, 2.24) is 15.6 Å². The molecule has 2 N–H and O–H groups in total. The lowest BCUT2D eigenvalue weighted by atomic mass is 9.98. The first-order chi connectivity index (χ1) is 8.49. The van der Waals surface area contributed by atoms with Crippen molar-refractivity contribution in [2.75, 3.05) is 7.05 Å². The molecule has 19 heavy (non-hydrogen) atoms. The van der Waals surface area contributed by atoms with Crippen LogP contribution in [0.4, 0.5) is 0 Å². The Balaban J connectivity index is 0.00000180. The first kappa shape index (κ1) is 16.7. The Morgan fingerprint density at radius 1 is 1.47 bits per heavy atom. The number of hydrogen-bond donors (Lipinski definition) is 2. The highest BCUT2D eigenvalue weighted by Gasteiger charge is 2.22. The summed E-state index contributed by atoms with van der Waals surface area (Å²) in [5.41, 5.74) is 1.22. The minimum absolute atomic E-state index is 0. The van der Waals surface area contributed by atoms with Crippen LogP contribution in [0.5, 0.6) is 0 Å². The Labute approximate surface area is 136 Å². The second-order valence-electron chi connectivity index (χ2n) is 5.74. The van der Waals surface area contributed by atoms with Crippen molar-refractivity contribution in [2.45, 2.75) is 51.6 Å². The van der Waals surface area contributed by atoms with Gasteiger partial charge in [-0.15, -0.1) is 35.3 Å². The number of hydrogen-bond acceptors (Lipinski definition) is 3. The molecule has 108 valence electrons. The molecule has 6 heteroatoms. The molecular formula is C13H23IN4S. The number of aromatic nitrogens is 1. The van der Waals surface area contributed by atoms with E-state index in [1.54, 1.807) is 18.4 Å². The smallest absolute Gasteiger partial charge is 0.191 e. The molecule has 0 aromatic carbocycles. The van der Waals surface area contributed by atoms with Gasteiger partial charge in [0.2, 0.25) is 0 Å². The number of guanidine groups is 1. The zero-order chi connectivity index (χ0) is 13.2. The maximum absolute atomic E-state index is 4.66. The highest BCUT2D eigenvalue weighted by molar-refractivity contribution is 14.0. The Kier molecular flexibility index (Phi) is 6.04. The second-order valence-corrected chi connectivity index (χ2v) is 6.60. The summed E-state index contributed by atoms with van der Waals surface area (Å²) in [7, 11) is 1.80. The molecule has 1 fully saturated rings. The molecule has 1 aliphatic rings. The molecule has 0 aliphatic heterocycles. The van der Waals surface area contributed by atoms with E-state index in [-0.39, 0.29) is 29.4 Å². The van der Waals surface area contributed by atoms with E-state index in [1.165, 1.54) is 17.8 Å². The highest BCUT2D eigenvalue weighted by atomic mass is 127. The van der Waals surface area contributed by atoms with Gasteiger partial charge in [-0.1, -0.05) is 20.8 Å². The average Bonchev–Trinajstić information content (AvgIpc) is 2.97. The van der Waals surface area contributed by atoms with Gasteiger partial charge in [-0.2, -0.15) is 0 Å². The predicted octanol–water partition coefficient (Wildman–Crippen LogP) is 2.89. The van der Waals surface area contributed by atoms with Crippen LogP contribution in [0.15, 0.2) is 10.4 Å². The predicted molar refractivity (Wildman–Crippen MR) is 92.6 cm³/mol. The van der Waals surface area contributed by atoms with Gasteiger partial charge in [0, 0.05) is 23.9 Å². The third kappa shape index (κ3) is 5.25. The maximum atomic E-state index is 4.66. The topological polar surface area (TPSA) is 49.3 Å². The monoisotopic (exact) mass is 394 g/mol. The summed E-state index contributed by atoms with van der Waals surface area (Å²) < 4.78 is 0. The van der Waals surface area contributed by atoms with Gasteiger partial charge >= 0.3 is 0 Å². The molecule has 0 amide bonds. The van der Waals surface area contributed by atoms with Gasteiger partial charge in [-0.05, 0) is 12.8 Å². The molecule has 2 rings (SSSR count). The molecule has 1 aromatic heterocycles. The van der Waals surface area contributed by atoms with E-state index in [2.05, 4.69) is 46.8 Å². The molecule has 0 atom stereocenters. The van der Waals surface area contributed by atoms with Crippen molar-refractivity contribution in [3.63, 3.8) is 0 Å². The van der Waals surface area contributed by atoms with E-state index < -0.39 is 0 Å². The van der Waals surface area contributed by atoms with Crippen LogP contribution >= 0.6 is 35.3 Å². The van der Waals surface area contributed by atoms with E-state index in [4.69, 9.17) is 0 Å². The lowest BCUT2D eigenvalue weighted by molar-refractivity contribution is 0.582. The number of rotatable bonds is 3. The van der Waals surface area contributed by atoms with Crippen molar-refractivity contribution in [3.8, 4) is 0 Å². The van der Waals surface area contributed by atoms with Crippen molar-refractivity contribution >= 4 is 41.3 Å². The molecular weight excluding hydrogens is 371 g/mol. The van der Waals surface area contributed by atoms with Gasteiger partial charge in [0.05, 0.1) is 17.2 Å². The molecule has 0 bridgehead atoms. The summed E-state index contributed by atoms with van der Waals surface area (Å²) in [6.45, 7) is 7.31. The fourth-order valence-electron chi connectivity index (χ4n) is 1.52. The fourth-order valence-corrected chi connectivity index (χ4v) is 2.43. The van der Waals surface area contributed by atoms with Crippen molar-refractivity contribution in [1.29, 1.82) is 0 Å². The number of halogens is 1. The number of thiazole rings is 1. The molecule has 1 aliphatic carbocycles. The molecule has 0 saturated heterocycles. The van der Waals surface area contributed by atoms with E-state index >= 15 is 0 Å². The fraction of sp³-hybridized carbons (Fsp3) is 0.692. The Bertz CT molecular complexity index is 432. The minimum Gasteiger partial charge on any atom is -0.354 e. The van der Waals surface area contributed by atoms with Gasteiger partial charge in [0.15, 0.2) is 5.96 Å². The molecule has 1 saturated carbocycles. The lowest BCUT2D eigenvalue weighted by Crippen LogP contribution is -2.38. The maximum Gasteiger partial charge on any atom is 0.191 e. The van der Waals surface area contributed by atoms with Crippen LogP contribution < -0.4 is 10.6 Å². The molecule has 4 nitrogen and oxygen atoms in total. The van der Waals surface area contributed by atoms with Crippen LogP contribution in [0.1, 0.15) is 44.3 Å². The summed E-state index contributed by atoms with van der Waals surface area (Å²) in [6.07, 6.45) is 2.51. The van der Waals surface area contributed by atoms with Crippen LogP contribution in [0, 0.1) is 0 Å². The van der Waals surface area contributed by atoms with E-state index in [1.807, 2.05) is 0 Å². The second kappa shape index (κ2) is 6.88. The summed E-state index contributed by atoms with van der Waals surface area (Å²) in [5.74, 6) is 0.878. The highest BCUT2D eigenvalue weighted by Crippen LogP contribution is 2.25. The standard InChI is InChI=1S/C13H22N4S.HI/c1-13(2,3)11-16-10(8-18-11)7-15-12(14-4)17-9-5-6-9;/h8-9H,5-7H2,1-4H3,(H2,14,15,17);1H. The Morgan fingerprint density at radius 3 is 2.63 bits per heavy atom. The van der Waals surface area contributed by atoms with Crippen LogP contribution in [-0.2, 0) is 12.0 Å². The summed E-state index contributed by atoms with van der Waals surface area (Å²) >= 11 is 1.73. The van der Waals surface area contributed by atoms with E-state index in [9.17, 15) is 0 Å². The van der Waals surface area contributed by atoms with Gasteiger partial charge in [0.1, 0.15) is 0 Å². The zero-order valence-electron chi connectivity index (χ0n) is 12.0. The van der Waals surface area contributed by atoms with Crippen molar-refractivity contribution < 1.29 is 0 Å². The molecule has 0 unspecified atom stereocenters. The zero-order valence-corrected chi connectivity index (χ0v) is 15.1. The third-order valence-electron chi connectivity index (χ3n) is 2.77. The van der Waals surface area contributed by atoms with Crippen molar-refractivity contribution in [3.05, 3.63) is 16.1 Å². The number of nitrogens with one attached hydrogen (secondary N) is 2. The van der Waals surface area contributed by atoms with Gasteiger partial charge < -0.3 is 10.6 Å².